The van der Waals surface area contributed by atoms with Gasteiger partial charge in [0.25, 0.3) is 0 Å². The normalized spacial score (nSPS) is 13.1. The molecule has 2 heteroatoms. The molecule has 0 saturated carbocycles. The van der Waals surface area contributed by atoms with E-state index in [2.05, 4.69) is 31.2 Å². The molecule has 1 N–H and O–H groups in total. The fourth-order valence-corrected chi connectivity index (χ4v) is 1.69. The summed E-state index contributed by atoms with van der Waals surface area (Å²) in [5.74, 6) is -0.743. The Morgan fingerprint density at radius 2 is 2.12 bits per heavy atom. The van der Waals surface area contributed by atoms with Crippen LogP contribution in [0.1, 0.15) is 32.3 Å². The minimum Gasteiger partial charge on any atom is -0.481 e. The predicted molar refractivity (Wildman–Crippen MR) is 66.5 cm³/mol. The molecule has 0 amide bonds. The van der Waals surface area contributed by atoms with Crippen molar-refractivity contribution in [1.82, 2.24) is 0 Å². The molecule has 0 fully saturated rings. The molecular formula is C14H18O2. The Hall–Kier alpha value is -1.57. The Balaban J connectivity index is 3.03. The Labute approximate surface area is 95.9 Å². The highest BCUT2D eigenvalue weighted by molar-refractivity contribution is 5.67. The smallest absolute Gasteiger partial charge is 0.303 e. The molecule has 0 aliphatic carbocycles. The van der Waals surface area contributed by atoms with E-state index in [1.54, 1.807) is 0 Å². The highest BCUT2D eigenvalue weighted by Gasteiger charge is 1.98. The second-order valence-corrected chi connectivity index (χ2v) is 3.76. The predicted octanol–water partition coefficient (Wildman–Crippen LogP) is 1.69. The maximum atomic E-state index is 10.5. The molecule has 0 aromatic heterocycles. The number of hydrogen-bond donors (Lipinski definition) is 1. The molecule has 0 radical (unpaired) electrons. The Kier molecular flexibility index (Phi) is 4.77. The lowest BCUT2D eigenvalue weighted by Gasteiger charge is -1.99. The zero-order chi connectivity index (χ0) is 12.0. The summed E-state index contributed by atoms with van der Waals surface area (Å²) in [6.07, 6.45) is 6.02. The van der Waals surface area contributed by atoms with Crippen molar-refractivity contribution in [1.29, 1.82) is 0 Å². The molecule has 0 aliphatic heterocycles. The van der Waals surface area contributed by atoms with Gasteiger partial charge in [0.15, 0.2) is 0 Å². The molecule has 1 aromatic carbocycles. The molecule has 0 bridgehead atoms. The van der Waals surface area contributed by atoms with E-state index < -0.39 is 5.97 Å². The van der Waals surface area contributed by atoms with Gasteiger partial charge in [-0.2, -0.15) is 0 Å². The molecule has 0 atom stereocenters. The number of benzene rings is 1. The molecule has 2 nitrogen and oxygen atoms in total. The number of aliphatic carboxylic acids is 1. The van der Waals surface area contributed by atoms with Crippen LogP contribution in [0.5, 0.6) is 0 Å². The molecule has 0 unspecified atom stereocenters. The third kappa shape index (κ3) is 3.54. The maximum Gasteiger partial charge on any atom is 0.303 e. The van der Waals surface area contributed by atoms with E-state index >= 15 is 0 Å². The van der Waals surface area contributed by atoms with Crippen LogP contribution in [0.3, 0.4) is 0 Å². The van der Waals surface area contributed by atoms with E-state index in [-0.39, 0.29) is 6.42 Å². The quantitative estimate of drug-likeness (QED) is 0.835. The van der Waals surface area contributed by atoms with Crippen LogP contribution in [0.15, 0.2) is 18.2 Å². The van der Waals surface area contributed by atoms with Crippen molar-refractivity contribution in [2.75, 3.05) is 0 Å². The lowest BCUT2D eigenvalue weighted by Crippen LogP contribution is -2.24. The Morgan fingerprint density at radius 1 is 1.38 bits per heavy atom. The standard InChI is InChI=1S/C14H18O2/c1-3-5-13-10-11(7-9-14(15)16)6-8-12(13)4-2/h4-6,8,10H,3,7,9H2,1-2H3,(H,15,16)/b12-4-,13-5-. The maximum absolute atomic E-state index is 10.5. The summed E-state index contributed by atoms with van der Waals surface area (Å²) in [6, 6.07) is 6.14. The number of aryl methyl sites for hydroxylation is 1. The summed E-state index contributed by atoms with van der Waals surface area (Å²) >= 11 is 0. The van der Waals surface area contributed by atoms with Gasteiger partial charge in [-0.15, -0.1) is 0 Å². The lowest BCUT2D eigenvalue weighted by molar-refractivity contribution is -0.136. The number of carboxylic acids is 1. The first-order valence-corrected chi connectivity index (χ1v) is 5.64. The van der Waals surface area contributed by atoms with E-state index in [0.29, 0.717) is 6.42 Å². The summed E-state index contributed by atoms with van der Waals surface area (Å²) in [5, 5.41) is 11.0. The zero-order valence-electron chi connectivity index (χ0n) is 9.86. The fraction of sp³-hybridized carbons (Fsp3) is 0.357. The Morgan fingerprint density at radius 3 is 2.69 bits per heavy atom. The Bertz CT molecular complexity index is 472. The van der Waals surface area contributed by atoms with Gasteiger partial charge in [0.2, 0.25) is 0 Å². The van der Waals surface area contributed by atoms with Gasteiger partial charge in [-0.3, -0.25) is 4.79 Å². The second kappa shape index (κ2) is 6.11. The third-order valence-corrected chi connectivity index (χ3v) is 2.51. The SMILES string of the molecule is C/C=c1/ccc(CCC(=O)O)c/c1=C/CC. The van der Waals surface area contributed by atoms with Crippen molar-refractivity contribution in [3.63, 3.8) is 0 Å². The number of hydrogen-bond acceptors (Lipinski definition) is 1. The van der Waals surface area contributed by atoms with Crippen LogP contribution in [0.2, 0.25) is 0 Å². The molecule has 16 heavy (non-hydrogen) atoms. The number of carboxylic acid groups (broad SMARTS) is 1. The van der Waals surface area contributed by atoms with Crippen molar-refractivity contribution in [3.8, 4) is 0 Å². The minimum atomic E-state index is -0.743. The molecule has 0 spiro atoms. The van der Waals surface area contributed by atoms with E-state index in [0.717, 1.165) is 12.0 Å². The van der Waals surface area contributed by atoms with Crippen molar-refractivity contribution in [2.45, 2.75) is 33.1 Å². The number of carbonyl (C=O) groups is 1. The molecule has 1 rings (SSSR count). The highest BCUT2D eigenvalue weighted by Crippen LogP contribution is 1.98. The van der Waals surface area contributed by atoms with Crippen molar-refractivity contribution < 1.29 is 9.90 Å². The van der Waals surface area contributed by atoms with Gasteiger partial charge in [-0.1, -0.05) is 37.3 Å². The topological polar surface area (TPSA) is 37.3 Å². The van der Waals surface area contributed by atoms with Gasteiger partial charge in [0.1, 0.15) is 0 Å². The molecular weight excluding hydrogens is 200 g/mol. The van der Waals surface area contributed by atoms with Gasteiger partial charge in [0.05, 0.1) is 0 Å². The van der Waals surface area contributed by atoms with Crippen LogP contribution in [-0.2, 0) is 11.2 Å². The first-order valence-electron chi connectivity index (χ1n) is 5.64. The van der Waals surface area contributed by atoms with Crippen molar-refractivity contribution in [3.05, 3.63) is 34.2 Å². The first kappa shape index (κ1) is 12.5. The summed E-state index contributed by atoms with van der Waals surface area (Å²) < 4.78 is 0. The van der Waals surface area contributed by atoms with Crippen molar-refractivity contribution >= 4 is 18.1 Å². The average Bonchev–Trinajstić information content (AvgIpc) is 2.27. The van der Waals surface area contributed by atoms with Crippen molar-refractivity contribution in [2.24, 2.45) is 0 Å². The largest absolute Gasteiger partial charge is 0.481 e. The zero-order valence-corrected chi connectivity index (χ0v) is 9.86. The van der Waals surface area contributed by atoms with Gasteiger partial charge in [-0.05, 0) is 35.8 Å². The number of rotatable bonds is 4. The summed E-state index contributed by atoms with van der Waals surface area (Å²) in [6.45, 7) is 4.11. The van der Waals surface area contributed by atoms with Crippen LogP contribution < -0.4 is 10.4 Å². The average molecular weight is 218 g/mol. The summed E-state index contributed by atoms with van der Waals surface area (Å²) in [5.41, 5.74) is 1.09. The highest BCUT2D eigenvalue weighted by atomic mass is 16.4. The van der Waals surface area contributed by atoms with Gasteiger partial charge in [0, 0.05) is 6.42 Å². The molecule has 0 aliphatic rings. The van der Waals surface area contributed by atoms with E-state index in [4.69, 9.17) is 5.11 Å². The molecule has 86 valence electrons. The summed E-state index contributed by atoms with van der Waals surface area (Å²) in [4.78, 5) is 10.5. The van der Waals surface area contributed by atoms with Gasteiger partial charge >= 0.3 is 5.97 Å². The van der Waals surface area contributed by atoms with E-state index in [1.807, 2.05) is 13.0 Å². The molecule has 1 aromatic rings. The fourth-order valence-electron chi connectivity index (χ4n) is 1.69. The third-order valence-electron chi connectivity index (χ3n) is 2.51. The van der Waals surface area contributed by atoms with Crippen LogP contribution in [0.25, 0.3) is 12.2 Å². The first-order chi connectivity index (χ1) is 7.67. The molecule has 0 heterocycles. The summed E-state index contributed by atoms with van der Waals surface area (Å²) in [7, 11) is 0. The monoisotopic (exact) mass is 218 g/mol. The minimum absolute atomic E-state index is 0.195. The van der Waals surface area contributed by atoms with E-state index in [9.17, 15) is 4.79 Å². The van der Waals surface area contributed by atoms with Crippen LogP contribution in [-0.4, -0.2) is 11.1 Å². The second-order valence-electron chi connectivity index (χ2n) is 3.76. The van der Waals surface area contributed by atoms with Gasteiger partial charge < -0.3 is 5.11 Å². The van der Waals surface area contributed by atoms with E-state index in [1.165, 1.54) is 10.4 Å². The lowest BCUT2D eigenvalue weighted by atomic mass is 10.1. The van der Waals surface area contributed by atoms with Crippen LogP contribution >= 0.6 is 0 Å². The van der Waals surface area contributed by atoms with Crippen LogP contribution in [0, 0.1) is 0 Å². The van der Waals surface area contributed by atoms with Gasteiger partial charge in [-0.25, -0.2) is 0 Å². The molecule has 0 saturated heterocycles. The van der Waals surface area contributed by atoms with Crippen LogP contribution in [0.4, 0.5) is 0 Å².